The van der Waals surface area contributed by atoms with Crippen molar-refractivity contribution in [1.82, 2.24) is 4.90 Å². The van der Waals surface area contributed by atoms with Gasteiger partial charge in [0.25, 0.3) is 5.91 Å². The maximum atomic E-state index is 12.7. The van der Waals surface area contributed by atoms with E-state index in [1.54, 1.807) is 7.05 Å². The highest BCUT2D eigenvalue weighted by molar-refractivity contribution is 9.10. The second-order valence-corrected chi connectivity index (χ2v) is 6.22. The number of nitrogens with zero attached hydrogens (tertiary/aromatic N) is 1. The summed E-state index contributed by atoms with van der Waals surface area (Å²) < 4.78 is 38.5. The highest BCUT2D eigenvalue weighted by Gasteiger charge is 2.33. The van der Waals surface area contributed by atoms with Gasteiger partial charge in [-0.25, -0.2) is 0 Å². The maximum Gasteiger partial charge on any atom is 0.416 e. The van der Waals surface area contributed by atoms with Crippen molar-refractivity contribution in [3.05, 3.63) is 33.8 Å². The largest absolute Gasteiger partial charge is 0.416 e. The van der Waals surface area contributed by atoms with Crippen LogP contribution in [0.25, 0.3) is 0 Å². The summed E-state index contributed by atoms with van der Waals surface area (Å²) in [6.45, 7) is 0.429. The molecule has 0 aliphatic heterocycles. The molecule has 0 bridgehead atoms. The molecule has 1 amide bonds. The van der Waals surface area contributed by atoms with Crippen LogP contribution >= 0.6 is 15.9 Å². The van der Waals surface area contributed by atoms with Gasteiger partial charge in [0.2, 0.25) is 0 Å². The van der Waals surface area contributed by atoms with Crippen LogP contribution in [0.2, 0.25) is 0 Å². The van der Waals surface area contributed by atoms with Crippen molar-refractivity contribution >= 4 is 21.8 Å². The number of carbonyl (C=O) groups is 1. The molecule has 0 spiro atoms. The van der Waals surface area contributed by atoms with E-state index in [1.165, 1.54) is 11.0 Å². The predicted octanol–water partition coefficient (Wildman–Crippen LogP) is 3.31. The second-order valence-electron chi connectivity index (χ2n) is 5.37. The smallest absolute Gasteiger partial charge is 0.393 e. The quantitative estimate of drug-likeness (QED) is 0.892. The van der Waals surface area contributed by atoms with Crippen molar-refractivity contribution < 1.29 is 23.1 Å². The zero-order valence-corrected chi connectivity index (χ0v) is 12.9. The Hall–Kier alpha value is -1.08. The summed E-state index contributed by atoms with van der Waals surface area (Å²) in [6, 6.07) is 3.03. The number of hydrogen-bond acceptors (Lipinski definition) is 2. The summed E-state index contributed by atoms with van der Waals surface area (Å²) in [4.78, 5) is 13.7. The Morgan fingerprint density at radius 2 is 2.05 bits per heavy atom. The molecule has 2 rings (SSSR count). The molecule has 0 atom stereocenters. The third-order valence-corrected chi connectivity index (χ3v) is 4.31. The zero-order valence-electron chi connectivity index (χ0n) is 11.3. The summed E-state index contributed by atoms with van der Waals surface area (Å²) >= 11 is 3.12. The van der Waals surface area contributed by atoms with Gasteiger partial charge in [-0.3, -0.25) is 4.79 Å². The number of amides is 1. The molecule has 0 saturated heterocycles. The van der Waals surface area contributed by atoms with Gasteiger partial charge < -0.3 is 10.0 Å². The predicted molar refractivity (Wildman–Crippen MR) is 74.8 cm³/mol. The molecule has 3 nitrogen and oxygen atoms in total. The van der Waals surface area contributed by atoms with E-state index in [0.717, 1.165) is 12.1 Å². The molecule has 1 fully saturated rings. The van der Waals surface area contributed by atoms with Crippen molar-refractivity contribution in [3.63, 3.8) is 0 Å². The van der Waals surface area contributed by atoms with Gasteiger partial charge in [-0.1, -0.05) is 0 Å². The van der Waals surface area contributed by atoms with Gasteiger partial charge in [0, 0.05) is 18.1 Å². The van der Waals surface area contributed by atoms with Crippen LogP contribution in [0.4, 0.5) is 13.2 Å². The highest BCUT2D eigenvalue weighted by atomic mass is 79.9. The lowest BCUT2D eigenvalue weighted by Gasteiger charge is -2.34. The van der Waals surface area contributed by atoms with Crippen LogP contribution in [0.1, 0.15) is 28.8 Å². The van der Waals surface area contributed by atoms with Gasteiger partial charge in [-0.05, 0) is 52.9 Å². The van der Waals surface area contributed by atoms with Crippen molar-refractivity contribution in [2.75, 3.05) is 13.6 Å². The third-order valence-electron chi connectivity index (χ3n) is 3.61. The molecule has 1 aliphatic rings. The van der Waals surface area contributed by atoms with Gasteiger partial charge in [0.15, 0.2) is 0 Å². The van der Waals surface area contributed by atoms with Crippen LogP contribution < -0.4 is 0 Å². The van der Waals surface area contributed by atoms with E-state index >= 15 is 0 Å². The van der Waals surface area contributed by atoms with E-state index in [-0.39, 0.29) is 17.6 Å². The van der Waals surface area contributed by atoms with Crippen LogP contribution in [0.3, 0.4) is 0 Å². The maximum absolute atomic E-state index is 12.7. The minimum absolute atomic E-state index is 0.00723. The van der Waals surface area contributed by atoms with Crippen molar-refractivity contribution in [2.24, 2.45) is 5.92 Å². The first kappa shape index (κ1) is 16.3. The number of rotatable bonds is 3. The molecular weight excluding hydrogens is 351 g/mol. The Labute approximate surface area is 128 Å². The number of benzene rings is 1. The van der Waals surface area contributed by atoms with Crippen molar-refractivity contribution in [3.8, 4) is 0 Å². The molecule has 1 saturated carbocycles. The van der Waals surface area contributed by atoms with E-state index < -0.39 is 17.6 Å². The molecule has 1 aliphatic carbocycles. The number of carbonyl (C=O) groups excluding carboxylic acids is 1. The Morgan fingerprint density at radius 3 is 2.57 bits per heavy atom. The number of hydrogen-bond donors (Lipinski definition) is 1. The summed E-state index contributed by atoms with van der Waals surface area (Å²) in [6.07, 6.45) is -3.55. The molecule has 116 valence electrons. The van der Waals surface area contributed by atoms with E-state index in [0.29, 0.717) is 23.9 Å². The van der Waals surface area contributed by atoms with Crippen LogP contribution in [0.15, 0.2) is 22.7 Å². The molecule has 1 N–H and O–H groups in total. The Balaban J connectivity index is 2.14. The fourth-order valence-corrected chi connectivity index (χ4v) is 2.81. The van der Waals surface area contributed by atoms with Crippen molar-refractivity contribution in [2.45, 2.75) is 25.1 Å². The highest BCUT2D eigenvalue weighted by Crippen LogP contribution is 2.33. The molecule has 7 heteroatoms. The topological polar surface area (TPSA) is 40.5 Å². The molecule has 0 aromatic heterocycles. The van der Waals surface area contributed by atoms with Gasteiger partial charge in [0.1, 0.15) is 0 Å². The molecule has 0 radical (unpaired) electrons. The zero-order chi connectivity index (χ0) is 15.8. The molecule has 1 aromatic carbocycles. The molecule has 0 heterocycles. The molecular formula is C14H15BrF3NO2. The molecule has 21 heavy (non-hydrogen) atoms. The lowest BCUT2D eigenvalue weighted by Crippen LogP contribution is -2.39. The van der Waals surface area contributed by atoms with E-state index in [2.05, 4.69) is 15.9 Å². The Morgan fingerprint density at radius 1 is 1.43 bits per heavy atom. The minimum Gasteiger partial charge on any atom is -0.393 e. The van der Waals surface area contributed by atoms with E-state index in [1.807, 2.05) is 0 Å². The van der Waals surface area contributed by atoms with Gasteiger partial charge in [-0.15, -0.1) is 0 Å². The lowest BCUT2D eigenvalue weighted by atomic mass is 9.82. The van der Waals surface area contributed by atoms with Crippen LogP contribution in [-0.2, 0) is 6.18 Å². The Kier molecular flexibility index (Phi) is 4.63. The number of aliphatic hydroxyl groups excluding tert-OH is 1. The standard InChI is InChI=1S/C14H15BrF3NO2/c1-19(7-8-4-10(20)5-8)13(21)11-6-9(14(16,17)18)2-3-12(11)15/h2-3,6,8,10,20H,4-5,7H2,1H3. The molecule has 1 aromatic rings. The molecule has 0 unspecified atom stereocenters. The summed E-state index contributed by atoms with van der Waals surface area (Å²) in [7, 11) is 1.56. The number of alkyl halides is 3. The van der Waals surface area contributed by atoms with Crippen LogP contribution in [-0.4, -0.2) is 35.6 Å². The van der Waals surface area contributed by atoms with Gasteiger partial charge in [0.05, 0.1) is 17.2 Å². The monoisotopic (exact) mass is 365 g/mol. The minimum atomic E-state index is -4.48. The summed E-state index contributed by atoms with van der Waals surface area (Å²) in [5.41, 5.74) is -0.853. The normalized spacial score (nSPS) is 21.8. The average molecular weight is 366 g/mol. The lowest BCUT2D eigenvalue weighted by molar-refractivity contribution is -0.137. The fourth-order valence-electron chi connectivity index (χ4n) is 2.39. The third kappa shape index (κ3) is 3.77. The summed E-state index contributed by atoms with van der Waals surface area (Å²) in [5, 5.41) is 9.22. The number of halogens is 4. The first-order valence-corrected chi connectivity index (χ1v) is 7.28. The fraction of sp³-hybridized carbons (Fsp3) is 0.500. The van der Waals surface area contributed by atoms with E-state index in [9.17, 15) is 23.1 Å². The van der Waals surface area contributed by atoms with Crippen LogP contribution in [0.5, 0.6) is 0 Å². The first-order chi connectivity index (χ1) is 9.68. The number of aliphatic hydroxyl groups is 1. The Bertz CT molecular complexity index is 542. The first-order valence-electron chi connectivity index (χ1n) is 6.48. The van der Waals surface area contributed by atoms with Crippen molar-refractivity contribution in [1.29, 1.82) is 0 Å². The van der Waals surface area contributed by atoms with Gasteiger partial charge >= 0.3 is 6.18 Å². The average Bonchev–Trinajstić information content (AvgIpc) is 2.35. The second kappa shape index (κ2) is 5.96. The van der Waals surface area contributed by atoms with Gasteiger partial charge in [-0.2, -0.15) is 13.2 Å². The van der Waals surface area contributed by atoms with Crippen LogP contribution in [0, 0.1) is 5.92 Å². The SMILES string of the molecule is CN(CC1CC(O)C1)C(=O)c1cc(C(F)(F)F)ccc1Br. The summed E-state index contributed by atoms with van der Waals surface area (Å²) in [5.74, 6) is -0.257. The van der Waals surface area contributed by atoms with E-state index in [4.69, 9.17) is 0 Å².